The van der Waals surface area contributed by atoms with Crippen LogP contribution >= 0.6 is 0 Å². The van der Waals surface area contributed by atoms with Crippen molar-refractivity contribution in [1.29, 1.82) is 0 Å². The molecule has 0 aromatic rings. The Morgan fingerprint density at radius 3 is 0.571 bits per heavy atom. The summed E-state index contributed by atoms with van der Waals surface area (Å²) in [7, 11) is 0. The van der Waals surface area contributed by atoms with Crippen LogP contribution in [0.4, 0.5) is 0 Å². The Balaban J connectivity index is 0. The maximum absolute atomic E-state index is 0. The molecule has 0 aliphatic rings. The molecule has 0 bridgehead atoms. The largest absolute Gasteiger partial charge is 0 e. The van der Waals surface area contributed by atoms with Crippen LogP contribution in [0.1, 0.15) is 0 Å². The monoisotopic (exact) mass is 383 g/mol. The van der Waals surface area contributed by atoms with Crippen LogP contribution < -0.4 is 0 Å². The van der Waals surface area contributed by atoms with Gasteiger partial charge in [0.25, 0.3) is 0 Å². The summed E-state index contributed by atoms with van der Waals surface area (Å²) in [6.45, 7) is 0. The van der Waals surface area contributed by atoms with E-state index in [0.717, 1.165) is 0 Å². The quantitative estimate of drug-likeness (QED) is 0.374. The van der Waals surface area contributed by atoms with Crippen molar-refractivity contribution in [3.8, 4) is 0 Å². The van der Waals surface area contributed by atoms with Gasteiger partial charge in [-0.2, -0.15) is 0 Å². The second-order valence-electron chi connectivity index (χ2n) is 0. The fourth-order valence-corrected chi connectivity index (χ4v) is 0. The van der Waals surface area contributed by atoms with Gasteiger partial charge in [0, 0.05) is 40.3 Å². The van der Waals surface area contributed by atoms with Crippen molar-refractivity contribution < 1.29 is 62.2 Å². The zero-order chi connectivity index (χ0) is 0. The van der Waals surface area contributed by atoms with E-state index in [0.29, 0.717) is 0 Å². The molecule has 0 saturated heterocycles. The molecule has 0 spiro atoms. The molecular formula is H11BiO4TiV. The molecule has 0 amide bonds. The van der Waals surface area contributed by atoms with Crippen molar-refractivity contribution in [2.75, 3.05) is 0 Å². The van der Waals surface area contributed by atoms with Crippen LogP contribution in [0.2, 0.25) is 0 Å². The summed E-state index contributed by atoms with van der Waals surface area (Å²) in [4.78, 5) is 0. The SMILES string of the molecule is O.O.O.O.[BiH3].[Ti].[V]. The Kier molecular flexibility index (Phi) is 1960. The van der Waals surface area contributed by atoms with Gasteiger partial charge in [-0.1, -0.05) is 0 Å². The minimum absolute atomic E-state index is 0. The molecule has 0 aliphatic carbocycles. The minimum atomic E-state index is 0. The summed E-state index contributed by atoms with van der Waals surface area (Å²) in [5.74, 6) is 0. The van der Waals surface area contributed by atoms with Crippen molar-refractivity contribution in [3.05, 3.63) is 0 Å². The summed E-state index contributed by atoms with van der Waals surface area (Å²) in [5.41, 5.74) is 0. The van der Waals surface area contributed by atoms with Gasteiger partial charge >= 0.3 is 26.2 Å². The summed E-state index contributed by atoms with van der Waals surface area (Å²) < 4.78 is 0. The van der Waals surface area contributed by atoms with Crippen LogP contribution in [0.15, 0.2) is 0 Å². The van der Waals surface area contributed by atoms with Crippen molar-refractivity contribution in [2.24, 2.45) is 0 Å². The molecular weight excluding hydrogens is 372 g/mol. The molecule has 1 radical (unpaired) electrons. The van der Waals surface area contributed by atoms with E-state index in [1.807, 2.05) is 0 Å². The standard InChI is InChI=1S/Bi.4H2O.Ti.V.3H/h;4*1H2;;;;;. The molecule has 0 aliphatic heterocycles. The summed E-state index contributed by atoms with van der Waals surface area (Å²) in [5, 5.41) is 0. The summed E-state index contributed by atoms with van der Waals surface area (Å²) >= 11 is 0. The summed E-state index contributed by atoms with van der Waals surface area (Å²) in [6.07, 6.45) is 0. The Hall–Kier alpha value is 2.02. The molecule has 0 aromatic heterocycles. The molecule has 0 rings (SSSR count). The second kappa shape index (κ2) is 96.8. The first-order chi connectivity index (χ1) is 0. The predicted octanol–water partition coefficient (Wildman–Crippen LogP) is -4.49. The average Bonchev–Trinajstić information content (AvgIpc) is 0. The normalized spacial score (nSPS) is 0. The third-order valence-corrected chi connectivity index (χ3v) is 0. The van der Waals surface area contributed by atoms with Crippen molar-refractivity contribution >= 4 is 26.2 Å². The van der Waals surface area contributed by atoms with Crippen LogP contribution in [0, 0.1) is 0 Å². The fraction of sp³-hybridized carbons (Fsp3) is 0. The van der Waals surface area contributed by atoms with Gasteiger partial charge in [0.1, 0.15) is 0 Å². The van der Waals surface area contributed by atoms with Crippen LogP contribution in [0.3, 0.4) is 0 Å². The predicted molar refractivity (Wildman–Crippen MR) is 24.4 cm³/mol. The zero-order valence-electron chi connectivity index (χ0n) is 3.65. The number of hydrogen-bond donors (Lipinski definition) is 0. The molecule has 0 unspecified atom stereocenters. The summed E-state index contributed by atoms with van der Waals surface area (Å²) in [6, 6.07) is 0. The molecule has 0 fully saturated rings. The Labute approximate surface area is 87.6 Å². The van der Waals surface area contributed by atoms with Gasteiger partial charge in [-0.25, -0.2) is 0 Å². The zero-order valence-corrected chi connectivity index (χ0v) is 12.1. The number of rotatable bonds is 0. The van der Waals surface area contributed by atoms with Gasteiger partial charge in [-0.05, 0) is 0 Å². The Morgan fingerprint density at radius 2 is 0.571 bits per heavy atom. The van der Waals surface area contributed by atoms with Gasteiger partial charge < -0.3 is 21.9 Å². The van der Waals surface area contributed by atoms with Gasteiger partial charge in [0.05, 0.1) is 0 Å². The third-order valence-electron chi connectivity index (χ3n) is 0. The molecule has 49 valence electrons. The maximum atomic E-state index is 0. The van der Waals surface area contributed by atoms with E-state index in [9.17, 15) is 0 Å². The molecule has 8 N–H and O–H groups in total. The van der Waals surface area contributed by atoms with Gasteiger partial charge in [0.15, 0.2) is 0 Å². The van der Waals surface area contributed by atoms with Crippen molar-refractivity contribution in [1.82, 2.24) is 0 Å². The van der Waals surface area contributed by atoms with Crippen LogP contribution in [-0.2, 0) is 40.3 Å². The van der Waals surface area contributed by atoms with Crippen molar-refractivity contribution in [3.63, 3.8) is 0 Å². The molecule has 7 heavy (non-hydrogen) atoms. The molecule has 4 nitrogen and oxygen atoms in total. The van der Waals surface area contributed by atoms with Crippen LogP contribution in [0.25, 0.3) is 0 Å². The van der Waals surface area contributed by atoms with E-state index in [4.69, 9.17) is 0 Å². The van der Waals surface area contributed by atoms with E-state index in [1.165, 1.54) is 0 Å². The van der Waals surface area contributed by atoms with Gasteiger partial charge in [-0.15, -0.1) is 0 Å². The first-order valence-corrected chi connectivity index (χ1v) is 0. The molecule has 0 heterocycles. The number of hydrogen-bond acceptors (Lipinski definition) is 0. The fourth-order valence-electron chi connectivity index (χ4n) is 0. The Morgan fingerprint density at radius 1 is 0.571 bits per heavy atom. The topological polar surface area (TPSA) is 126 Å². The molecule has 0 atom stereocenters. The first-order valence-electron chi connectivity index (χ1n) is 0. The van der Waals surface area contributed by atoms with E-state index in [1.54, 1.807) is 0 Å². The van der Waals surface area contributed by atoms with Crippen LogP contribution in [-0.4, -0.2) is 48.1 Å². The average molecular weight is 383 g/mol. The second-order valence-corrected chi connectivity index (χ2v) is 0. The Bertz CT molecular complexity index is 11.7. The minimum Gasteiger partial charge on any atom is 0 e. The van der Waals surface area contributed by atoms with Gasteiger partial charge in [0.2, 0.25) is 0 Å². The maximum Gasteiger partial charge on any atom is 0 e. The van der Waals surface area contributed by atoms with E-state index < -0.39 is 0 Å². The van der Waals surface area contributed by atoms with E-state index in [2.05, 4.69) is 0 Å². The van der Waals surface area contributed by atoms with Crippen molar-refractivity contribution in [2.45, 2.75) is 0 Å². The first kappa shape index (κ1) is 142. The van der Waals surface area contributed by atoms with Gasteiger partial charge in [-0.3, -0.25) is 0 Å². The molecule has 0 aromatic carbocycles. The molecule has 0 saturated carbocycles. The smallest absolute Gasteiger partial charge is 0 e. The van der Waals surface area contributed by atoms with Crippen LogP contribution in [0.5, 0.6) is 0 Å². The van der Waals surface area contributed by atoms with E-state index in [-0.39, 0.29) is 88.4 Å². The van der Waals surface area contributed by atoms with E-state index >= 15 is 0 Å². The molecule has 7 heteroatoms. The third kappa shape index (κ3) is 71.2.